The molecule has 0 aliphatic carbocycles. The largest absolute Gasteiger partial charge is 0.481 e. The molecule has 162 valence electrons. The summed E-state index contributed by atoms with van der Waals surface area (Å²) in [6, 6.07) is 19.5. The van der Waals surface area contributed by atoms with Crippen molar-refractivity contribution in [1.29, 1.82) is 0 Å². The molecule has 0 saturated carbocycles. The van der Waals surface area contributed by atoms with Crippen molar-refractivity contribution >= 4 is 54.8 Å². The first kappa shape index (κ1) is 23.1. The molecule has 2 N–H and O–H groups in total. The molecule has 9 heteroatoms. The lowest BCUT2D eigenvalue weighted by atomic mass is 10.2. The third kappa shape index (κ3) is 6.46. The highest BCUT2D eigenvalue weighted by atomic mass is 79.9. The van der Waals surface area contributed by atoms with E-state index in [1.165, 1.54) is 24.3 Å². The van der Waals surface area contributed by atoms with Crippen LogP contribution in [0.5, 0.6) is 5.75 Å². The van der Waals surface area contributed by atoms with E-state index in [-0.39, 0.29) is 10.8 Å². The van der Waals surface area contributed by atoms with E-state index in [4.69, 9.17) is 16.3 Å². The van der Waals surface area contributed by atoms with Crippen molar-refractivity contribution in [3.05, 3.63) is 82.3 Å². The van der Waals surface area contributed by atoms with E-state index in [1.807, 2.05) is 6.92 Å². The third-order valence-corrected chi connectivity index (χ3v) is 6.46. The number of ether oxygens (including phenoxy) is 1. The average Bonchev–Trinajstić information content (AvgIpc) is 2.75. The van der Waals surface area contributed by atoms with Gasteiger partial charge in [-0.25, -0.2) is 8.42 Å². The molecule has 0 heterocycles. The maximum Gasteiger partial charge on any atom is 0.265 e. The van der Waals surface area contributed by atoms with Gasteiger partial charge in [0.2, 0.25) is 0 Å². The second-order valence-electron chi connectivity index (χ2n) is 6.59. The van der Waals surface area contributed by atoms with Gasteiger partial charge in [0.05, 0.1) is 4.90 Å². The fourth-order valence-corrected chi connectivity index (χ4v) is 4.12. The van der Waals surface area contributed by atoms with Crippen LogP contribution >= 0.6 is 27.5 Å². The number of amides is 1. The van der Waals surface area contributed by atoms with Gasteiger partial charge in [-0.15, -0.1) is 0 Å². The third-order valence-electron chi connectivity index (χ3n) is 4.28. The minimum atomic E-state index is -3.75. The second-order valence-corrected chi connectivity index (χ2v) is 9.63. The molecule has 31 heavy (non-hydrogen) atoms. The number of carbonyl (C=O) groups excluding carboxylic acids is 1. The summed E-state index contributed by atoms with van der Waals surface area (Å²) in [5.74, 6) is 0.202. The quantitative estimate of drug-likeness (QED) is 0.397. The Morgan fingerprint density at radius 3 is 2.13 bits per heavy atom. The molecule has 0 aliphatic heterocycles. The van der Waals surface area contributed by atoms with E-state index in [2.05, 4.69) is 26.0 Å². The zero-order valence-electron chi connectivity index (χ0n) is 16.5. The molecule has 0 aromatic heterocycles. The predicted octanol–water partition coefficient (Wildman–Crippen LogP) is 5.70. The molecule has 6 nitrogen and oxygen atoms in total. The van der Waals surface area contributed by atoms with Gasteiger partial charge in [-0.3, -0.25) is 9.52 Å². The minimum absolute atomic E-state index is 0.0814. The Morgan fingerprint density at radius 2 is 1.55 bits per heavy atom. The van der Waals surface area contributed by atoms with Gasteiger partial charge < -0.3 is 10.1 Å². The van der Waals surface area contributed by atoms with Crippen LogP contribution in [0.4, 0.5) is 11.4 Å². The number of hydrogen-bond acceptors (Lipinski definition) is 4. The zero-order chi connectivity index (χ0) is 22.4. The van der Waals surface area contributed by atoms with Crippen molar-refractivity contribution in [2.45, 2.75) is 24.3 Å². The number of hydrogen-bond donors (Lipinski definition) is 2. The first-order chi connectivity index (χ1) is 14.8. The van der Waals surface area contributed by atoms with E-state index >= 15 is 0 Å². The molecule has 0 unspecified atom stereocenters. The van der Waals surface area contributed by atoms with E-state index in [0.29, 0.717) is 28.6 Å². The Balaban J connectivity index is 1.65. The van der Waals surface area contributed by atoms with E-state index in [1.54, 1.807) is 48.5 Å². The number of carbonyl (C=O) groups is 1. The molecular formula is C22H20BrClN2O4S. The average molecular weight is 524 g/mol. The summed E-state index contributed by atoms with van der Waals surface area (Å²) in [7, 11) is -3.75. The van der Waals surface area contributed by atoms with Crippen LogP contribution < -0.4 is 14.8 Å². The Kier molecular flexibility index (Phi) is 7.59. The number of nitrogens with one attached hydrogen (secondary N) is 2. The topological polar surface area (TPSA) is 84.5 Å². The summed E-state index contributed by atoms with van der Waals surface area (Å²) in [6.07, 6.45) is -0.249. The van der Waals surface area contributed by atoms with Crippen molar-refractivity contribution in [2.75, 3.05) is 10.0 Å². The van der Waals surface area contributed by atoms with Crippen LogP contribution in [0.3, 0.4) is 0 Å². The highest BCUT2D eigenvalue weighted by molar-refractivity contribution is 9.10. The smallest absolute Gasteiger partial charge is 0.265 e. The molecule has 3 aromatic carbocycles. The van der Waals surface area contributed by atoms with Gasteiger partial charge in [-0.05, 0) is 79.2 Å². The summed E-state index contributed by atoms with van der Waals surface area (Å²) < 4.78 is 34.2. The monoisotopic (exact) mass is 522 g/mol. The molecule has 0 bridgehead atoms. The van der Waals surface area contributed by atoms with Crippen LogP contribution in [0.2, 0.25) is 5.02 Å². The van der Waals surface area contributed by atoms with Gasteiger partial charge in [0, 0.05) is 20.9 Å². The van der Waals surface area contributed by atoms with Crippen molar-refractivity contribution in [2.24, 2.45) is 0 Å². The Labute approximate surface area is 194 Å². The number of benzene rings is 3. The number of halogens is 2. The van der Waals surface area contributed by atoms with Crippen molar-refractivity contribution < 1.29 is 17.9 Å². The fraction of sp³-hybridized carbons (Fsp3) is 0.136. The van der Waals surface area contributed by atoms with Crippen LogP contribution in [0.25, 0.3) is 0 Å². The zero-order valence-corrected chi connectivity index (χ0v) is 19.7. The lowest BCUT2D eigenvalue weighted by Gasteiger charge is -2.17. The molecule has 0 saturated heterocycles. The van der Waals surface area contributed by atoms with E-state index in [0.717, 1.165) is 4.47 Å². The molecular weight excluding hydrogens is 504 g/mol. The highest BCUT2D eigenvalue weighted by Crippen LogP contribution is 2.21. The number of anilines is 2. The lowest BCUT2D eigenvalue weighted by molar-refractivity contribution is -0.122. The van der Waals surface area contributed by atoms with Crippen LogP contribution in [-0.4, -0.2) is 20.4 Å². The maximum absolute atomic E-state index is 12.6. The van der Waals surface area contributed by atoms with Gasteiger partial charge in [0.25, 0.3) is 15.9 Å². The van der Waals surface area contributed by atoms with Crippen molar-refractivity contribution in [3.63, 3.8) is 0 Å². The van der Waals surface area contributed by atoms with Gasteiger partial charge in [-0.2, -0.15) is 0 Å². The summed E-state index contributed by atoms with van der Waals surface area (Å²) in [5.41, 5.74) is 0.913. The summed E-state index contributed by atoms with van der Waals surface area (Å²) in [5, 5.41) is 3.33. The summed E-state index contributed by atoms with van der Waals surface area (Å²) >= 11 is 9.17. The van der Waals surface area contributed by atoms with Gasteiger partial charge in [0.15, 0.2) is 6.10 Å². The van der Waals surface area contributed by atoms with Crippen LogP contribution in [0, 0.1) is 0 Å². The minimum Gasteiger partial charge on any atom is -0.481 e. The maximum atomic E-state index is 12.6. The van der Waals surface area contributed by atoms with E-state index in [9.17, 15) is 13.2 Å². The van der Waals surface area contributed by atoms with Gasteiger partial charge in [0.1, 0.15) is 5.75 Å². The summed E-state index contributed by atoms with van der Waals surface area (Å²) in [4.78, 5) is 12.7. The van der Waals surface area contributed by atoms with Crippen LogP contribution in [-0.2, 0) is 14.8 Å². The van der Waals surface area contributed by atoms with Crippen LogP contribution in [0.15, 0.2) is 82.2 Å². The molecule has 1 atom stereocenters. The van der Waals surface area contributed by atoms with Crippen LogP contribution in [0.1, 0.15) is 13.3 Å². The molecule has 0 radical (unpaired) electrons. The van der Waals surface area contributed by atoms with Crippen molar-refractivity contribution in [1.82, 2.24) is 0 Å². The molecule has 3 rings (SSSR count). The molecule has 3 aromatic rings. The standard InChI is InChI=1S/C22H20BrClN2O4S/c1-2-21(30-19-11-5-16(24)6-12-19)22(27)25-17-9-13-20(14-10-17)31(28,29)26-18-7-3-15(23)4-8-18/h3-14,21,26H,2H2,1H3,(H,25,27)/t21-/m0/s1. The lowest BCUT2D eigenvalue weighted by Crippen LogP contribution is -2.32. The molecule has 0 aliphatic rings. The first-order valence-corrected chi connectivity index (χ1v) is 12.0. The van der Waals surface area contributed by atoms with Gasteiger partial charge in [-0.1, -0.05) is 34.5 Å². The number of sulfonamides is 1. The molecule has 1 amide bonds. The fourth-order valence-electron chi connectivity index (χ4n) is 2.67. The summed E-state index contributed by atoms with van der Waals surface area (Å²) in [6.45, 7) is 1.84. The van der Waals surface area contributed by atoms with Crippen molar-refractivity contribution in [3.8, 4) is 5.75 Å². The van der Waals surface area contributed by atoms with E-state index < -0.39 is 16.1 Å². The Hall–Kier alpha value is -2.55. The Bertz CT molecular complexity index is 1140. The predicted molar refractivity (Wildman–Crippen MR) is 126 cm³/mol. The first-order valence-electron chi connectivity index (χ1n) is 9.38. The Morgan fingerprint density at radius 1 is 0.968 bits per heavy atom. The SMILES string of the molecule is CC[C@H](Oc1ccc(Cl)cc1)C(=O)Nc1ccc(S(=O)(=O)Nc2ccc(Br)cc2)cc1. The highest BCUT2D eigenvalue weighted by Gasteiger charge is 2.19. The molecule has 0 fully saturated rings. The molecule has 0 spiro atoms. The normalized spacial score (nSPS) is 12.1. The second kappa shape index (κ2) is 10.2. The number of rotatable bonds is 8. The van der Waals surface area contributed by atoms with Gasteiger partial charge >= 0.3 is 0 Å².